The molecule has 0 saturated carbocycles. The van der Waals surface area contributed by atoms with Gasteiger partial charge in [-0.1, -0.05) is 267 Å². The molecule has 3 aliphatic rings. The molecule has 13 rings (SSSR count). The van der Waals surface area contributed by atoms with Crippen LogP contribution in [0.3, 0.4) is 0 Å². The topological polar surface area (TPSA) is 199 Å². The minimum atomic E-state index is -1.74. The molecule has 19 heteroatoms. The summed E-state index contributed by atoms with van der Waals surface area (Å²) in [5, 5.41) is 0. The highest BCUT2D eigenvalue weighted by atomic mass is 16.8. The number of rotatable bonds is 35. The van der Waals surface area contributed by atoms with Gasteiger partial charge in [0.15, 0.2) is 31.1 Å². The molecule has 558 valence electrons. The van der Waals surface area contributed by atoms with E-state index in [9.17, 15) is 4.79 Å². The monoisotopic (exact) mass is 1460 g/mol. The molecular weight excluding hydrogens is 1370 g/mol. The lowest BCUT2D eigenvalue weighted by atomic mass is 9.95. The molecule has 0 spiro atoms. The molecule has 19 nitrogen and oxygen atoms in total. The molecule has 10 aromatic carbocycles. The van der Waals surface area contributed by atoms with Gasteiger partial charge in [-0.25, -0.2) is 14.4 Å². The Balaban J connectivity index is 0.924. The number of hydrogen-bond acceptors (Lipinski definition) is 19. The minimum absolute atomic E-state index is 0.0146. The number of carbonyl (C=O) groups excluding carboxylic acids is 3. The van der Waals surface area contributed by atoms with Crippen LogP contribution in [0.25, 0.3) is 0 Å². The van der Waals surface area contributed by atoms with Crippen LogP contribution in [0.5, 0.6) is 0 Å². The van der Waals surface area contributed by atoms with E-state index < -0.39 is 123 Å². The van der Waals surface area contributed by atoms with Gasteiger partial charge in [-0.05, 0) is 75.3 Å². The molecule has 3 saturated heterocycles. The zero-order valence-corrected chi connectivity index (χ0v) is 59.9. The van der Waals surface area contributed by atoms with Gasteiger partial charge in [0.1, 0.15) is 67.6 Å². The largest absolute Gasteiger partial charge is 0.459 e. The molecule has 0 unspecified atom stereocenters. The average molecular weight is 1460 g/mol. The lowest BCUT2D eigenvalue weighted by Gasteiger charge is -2.50. The predicted octanol–water partition coefficient (Wildman–Crippen LogP) is 14.2. The molecule has 0 N–H and O–H groups in total. The van der Waals surface area contributed by atoms with Crippen molar-refractivity contribution in [3.05, 3.63) is 359 Å². The fourth-order valence-electron chi connectivity index (χ4n) is 13.2. The smallest absolute Gasteiger partial charge is 0.338 e. The maximum absolute atomic E-state index is 15.3. The van der Waals surface area contributed by atoms with Gasteiger partial charge in [0.2, 0.25) is 0 Å². The van der Waals surface area contributed by atoms with Gasteiger partial charge in [0, 0.05) is 7.11 Å². The third kappa shape index (κ3) is 21.3. The molecule has 0 amide bonds. The average Bonchev–Trinajstić information content (AvgIpc) is 0.764. The zero-order chi connectivity index (χ0) is 73.9. The Kier molecular flexibility index (Phi) is 28.1. The summed E-state index contributed by atoms with van der Waals surface area (Å²) < 4.78 is 111. The van der Waals surface area contributed by atoms with Crippen molar-refractivity contribution in [1.82, 2.24) is 0 Å². The maximum atomic E-state index is 15.3. The second-order valence-corrected chi connectivity index (χ2v) is 26.3. The van der Waals surface area contributed by atoms with E-state index in [4.69, 9.17) is 75.8 Å². The van der Waals surface area contributed by atoms with Gasteiger partial charge in [-0.15, -0.1) is 0 Å². The van der Waals surface area contributed by atoms with Crippen LogP contribution in [0, 0.1) is 0 Å². The second-order valence-electron chi connectivity index (χ2n) is 26.3. The van der Waals surface area contributed by atoms with Gasteiger partial charge < -0.3 is 75.8 Å². The van der Waals surface area contributed by atoms with Crippen molar-refractivity contribution in [3.8, 4) is 0 Å². The van der Waals surface area contributed by atoms with Gasteiger partial charge in [0.05, 0.1) is 76.2 Å². The van der Waals surface area contributed by atoms with Gasteiger partial charge in [0.25, 0.3) is 0 Å². The molecule has 0 aromatic heterocycles. The van der Waals surface area contributed by atoms with Gasteiger partial charge >= 0.3 is 17.9 Å². The predicted molar refractivity (Wildman–Crippen MR) is 398 cm³/mol. The van der Waals surface area contributed by atoms with E-state index in [0.29, 0.717) is 0 Å². The fraction of sp³-hybridized carbons (Fsp3) is 0.292. The molecule has 0 aliphatic carbocycles. The van der Waals surface area contributed by atoms with E-state index >= 15 is 9.59 Å². The minimum Gasteiger partial charge on any atom is -0.459 e. The molecule has 3 heterocycles. The van der Waals surface area contributed by atoms with Crippen molar-refractivity contribution < 1.29 is 90.2 Å². The van der Waals surface area contributed by atoms with E-state index in [2.05, 4.69) is 0 Å². The molecule has 108 heavy (non-hydrogen) atoms. The first-order valence-corrected chi connectivity index (χ1v) is 36.3. The Bertz CT molecular complexity index is 4260. The first kappa shape index (κ1) is 76.3. The first-order valence-electron chi connectivity index (χ1n) is 36.3. The number of esters is 3. The molecular formula is C89H88O19. The quantitative estimate of drug-likeness (QED) is 0.0268. The maximum Gasteiger partial charge on any atom is 0.338 e. The van der Waals surface area contributed by atoms with E-state index in [1.54, 1.807) is 91.0 Å². The summed E-state index contributed by atoms with van der Waals surface area (Å²) >= 11 is 0. The van der Waals surface area contributed by atoms with Crippen LogP contribution in [0.15, 0.2) is 303 Å². The molecule has 3 fully saturated rings. The number of methoxy groups -OCH3 is 1. The van der Waals surface area contributed by atoms with E-state index in [1.807, 2.05) is 212 Å². The summed E-state index contributed by atoms with van der Waals surface area (Å²) in [4.78, 5) is 45.0. The van der Waals surface area contributed by atoms with Crippen LogP contribution < -0.4 is 0 Å². The summed E-state index contributed by atoms with van der Waals surface area (Å²) in [7, 11) is 1.51. The number of ether oxygens (including phenoxy) is 16. The Morgan fingerprint density at radius 2 is 0.546 bits per heavy atom. The highest BCUT2D eigenvalue weighted by Crippen LogP contribution is 2.39. The second kappa shape index (κ2) is 39.8. The Hall–Kier alpha value is -9.91. The van der Waals surface area contributed by atoms with Crippen molar-refractivity contribution in [3.63, 3.8) is 0 Å². The summed E-state index contributed by atoms with van der Waals surface area (Å²) in [6.45, 7) is -0.209. The van der Waals surface area contributed by atoms with Crippen LogP contribution in [0.1, 0.15) is 70.0 Å². The molecule has 3 aliphatic heterocycles. The third-order valence-electron chi connectivity index (χ3n) is 18.7. The van der Waals surface area contributed by atoms with Gasteiger partial charge in [-0.3, -0.25) is 0 Å². The Morgan fingerprint density at radius 3 is 0.926 bits per heavy atom. The third-order valence-corrected chi connectivity index (χ3v) is 18.7. The summed E-state index contributed by atoms with van der Waals surface area (Å²) in [5.41, 5.74) is 6.56. The molecule has 15 atom stereocenters. The lowest BCUT2D eigenvalue weighted by molar-refractivity contribution is -0.373. The number of hydrogen-bond donors (Lipinski definition) is 0. The van der Waals surface area contributed by atoms with E-state index in [-0.39, 0.29) is 69.5 Å². The highest BCUT2D eigenvalue weighted by molar-refractivity contribution is 5.91. The number of carbonyl (C=O) groups is 3. The van der Waals surface area contributed by atoms with E-state index in [0.717, 1.165) is 38.9 Å². The van der Waals surface area contributed by atoms with Crippen molar-refractivity contribution in [2.75, 3.05) is 26.9 Å². The standard InChI is InChI=1S/C89H88O19/c1-93-87-81(99-57-67-42-22-7-23-43-67)78(97-55-65-38-18-5-19-39-65)76(96-54-64-36-16-4-17-37-64)73(103-87)61-102-88-83(107-86(92)71-50-30-11-31-51-71)80(106-85(91)70-48-28-10-29-49-70)77(74(104-88)60-101-84(90)69-46-26-9-27-47-69)108-89-82(100-58-68-44-24-8-25-45-68)79(98-56-66-40-20-6-21-41-66)75(95-53-63-34-14-3-15-35-63)72(105-89)59-94-52-62-32-12-2-13-33-62/h2-51,72-83,87-89H,52-61H2,1H3/t72-,73-,74-,75+,76-,77+,78+,79+,80+,81+,82-,83-,87+,88-,89-/m1/s1. The van der Waals surface area contributed by atoms with Gasteiger partial charge in [-0.2, -0.15) is 0 Å². The van der Waals surface area contributed by atoms with Crippen LogP contribution >= 0.6 is 0 Å². The van der Waals surface area contributed by atoms with Crippen LogP contribution in [-0.2, 0) is 122 Å². The van der Waals surface area contributed by atoms with Crippen molar-refractivity contribution in [1.29, 1.82) is 0 Å². The normalized spacial score (nSPS) is 24.1. The first-order chi connectivity index (χ1) is 53.3. The number of benzene rings is 10. The van der Waals surface area contributed by atoms with Crippen LogP contribution in [0.2, 0.25) is 0 Å². The van der Waals surface area contributed by atoms with Crippen molar-refractivity contribution in [2.45, 2.75) is 138 Å². The SMILES string of the molecule is CO[C@H]1O[C@H](CO[C@@H]2O[C@H](COC(=O)c3ccccc3)[C@H](O[C@H]3O[C@H](COCc4ccccc4)[C@H](OCc4ccccc4)[C@H](OCc4ccccc4)[C@H]3OCc3ccccc3)[C@H](OC(=O)c3ccccc3)[C@H]2OC(=O)c2ccccc2)[C@@H](OCc2ccccc2)[C@H](OCc2ccccc2)[C@@H]1OCc1ccccc1. The Morgan fingerprint density at radius 1 is 0.259 bits per heavy atom. The fourth-order valence-corrected chi connectivity index (χ4v) is 13.2. The Labute approximate surface area is 629 Å². The van der Waals surface area contributed by atoms with E-state index in [1.165, 1.54) is 7.11 Å². The van der Waals surface area contributed by atoms with Crippen molar-refractivity contribution in [2.24, 2.45) is 0 Å². The molecule has 0 radical (unpaired) electrons. The molecule has 0 bridgehead atoms. The summed E-state index contributed by atoms with van der Waals surface area (Å²) in [6, 6.07) is 93.0. The molecule has 10 aromatic rings. The lowest BCUT2D eigenvalue weighted by Crippen LogP contribution is -2.67. The van der Waals surface area contributed by atoms with Crippen molar-refractivity contribution >= 4 is 17.9 Å². The summed E-state index contributed by atoms with van der Waals surface area (Å²) in [6.07, 6.45) is -18.9. The summed E-state index contributed by atoms with van der Waals surface area (Å²) in [5.74, 6) is -2.43. The van der Waals surface area contributed by atoms with Crippen LogP contribution in [0.4, 0.5) is 0 Å². The highest BCUT2D eigenvalue weighted by Gasteiger charge is 2.58. The van der Waals surface area contributed by atoms with Crippen LogP contribution in [-0.4, -0.2) is 137 Å². The zero-order valence-electron chi connectivity index (χ0n) is 59.9.